The summed E-state index contributed by atoms with van der Waals surface area (Å²) in [5, 5.41) is 0. The van der Waals surface area contributed by atoms with Gasteiger partial charge < -0.3 is 4.74 Å². The van der Waals surface area contributed by atoms with Crippen LogP contribution in [0.25, 0.3) is 0 Å². The lowest BCUT2D eigenvalue weighted by molar-refractivity contribution is 0.413. The van der Waals surface area contributed by atoms with Gasteiger partial charge in [-0.05, 0) is 51.1 Å². The molecule has 0 fully saturated rings. The minimum absolute atomic E-state index is 0.609. The second-order valence-corrected chi connectivity index (χ2v) is 9.87. The highest BCUT2D eigenvalue weighted by Gasteiger charge is 2.41. The van der Waals surface area contributed by atoms with Crippen molar-refractivity contribution in [3.8, 4) is 5.75 Å². The van der Waals surface area contributed by atoms with Crippen molar-refractivity contribution >= 4 is 0 Å². The topological polar surface area (TPSA) is 9.23 Å². The van der Waals surface area contributed by atoms with Crippen LogP contribution < -0.4 is 4.74 Å². The Labute approximate surface area is 237 Å². The molecule has 1 nitrogen and oxygen atoms in total. The molecule has 0 heterocycles. The van der Waals surface area contributed by atoms with E-state index in [0.29, 0.717) is 0 Å². The van der Waals surface area contributed by atoms with Gasteiger partial charge in [-0.15, -0.1) is 0 Å². The summed E-state index contributed by atoms with van der Waals surface area (Å²) in [6.45, 7) is 0. The van der Waals surface area contributed by atoms with Crippen LogP contribution in [0.2, 0.25) is 0 Å². The average Bonchev–Trinajstić information content (AvgIpc) is 3.05. The number of methoxy groups -OCH3 is 1. The first-order chi connectivity index (χ1) is 19.8. The predicted molar refractivity (Wildman–Crippen MR) is 165 cm³/mol. The Hall–Kier alpha value is -4.88. The molecule has 40 heavy (non-hydrogen) atoms. The van der Waals surface area contributed by atoms with E-state index < -0.39 is 5.41 Å². The van der Waals surface area contributed by atoms with Gasteiger partial charge in [0.2, 0.25) is 0 Å². The van der Waals surface area contributed by atoms with E-state index in [-0.39, 0.29) is 0 Å². The summed E-state index contributed by atoms with van der Waals surface area (Å²) in [6, 6.07) is 60.5. The van der Waals surface area contributed by atoms with Crippen molar-refractivity contribution in [2.75, 3.05) is 7.11 Å². The molecule has 193 valence electrons. The molecule has 6 aromatic rings. The maximum Gasteiger partial charge on any atom is 0.119 e. The quantitative estimate of drug-likeness (QED) is 0.184. The van der Waals surface area contributed by atoms with Gasteiger partial charge in [-0.3, -0.25) is 0 Å². The second-order valence-electron chi connectivity index (χ2n) is 9.87. The summed E-state index contributed by atoms with van der Waals surface area (Å²) >= 11 is 0. The van der Waals surface area contributed by atoms with E-state index in [1.165, 1.54) is 33.7 Å². The zero-order chi connectivity index (χ0) is 27.2. The van der Waals surface area contributed by atoms with E-state index in [1.807, 2.05) is 0 Å². The minimum Gasteiger partial charge on any atom is -0.497 e. The number of rotatable bonds is 8. The van der Waals surface area contributed by atoms with Gasteiger partial charge in [0.1, 0.15) is 5.75 Å². The molecule has 0 saturated heterocycles. The molecule has 0 bridgehead atoms. The zero-order valence-corrected chi connectivity index (χ0v) is 22.6. The van der Waals surface area contributed by atoms with Crippen LogP contribution in [0.15, 0.2) is 170 Å². The summed E-state index contributed by atoms with van der Waals surface area (Å²) in [7, 11) is 1.74. The Morgan fingerprint density at radius 1 is 0.450 bits per heavy atom. The number of hydrogen-bond acceptors (Lipinski definition) is 1. The van der Waals surface area contributed by atoms with Crippen LogP contribution in [0.5, 0.6) is 5.75 Å². The maximum absolute atomic E-state index is 5.89. The molecule has 0 aliphatic heterocycles. The molecule has 0 spiro atoms. The number of benzene rings is 6. The smallest absolute Gasteiger partial charge is 0.119 e. The highest BCUT2D eigenvalue weighted by Crippen LogP contribution is 2.49. The molecule has 0 aliphatic rings. The highest BCUT2D eigenvalue weighted by molar-refractivity contribution is 5.69. The van der Waals surface area contributed by atoms with Crippen molar-refractivity contribution in [2.24, 2.45) is 0 Å². The Balaban J connectivity index is 1.77. The van der Waals surface area contributed by atoms with Crippen molar-refractivity contribution in [2.45, 2.75) is 5.41 Å². The third kappa shape index (κ3) is 4.61. The fourth-order valence-corrected chi connectivity index (χ4v) is 5.90. The summed E-state index contributed by atoms with van der Waals surface area (Å²) < 4.78 is 5.89. The monoisotopic (exact) mass is 515 g/mol. The standard InChI is InChI=1S/C39H31O/c1-40-35-27-28-36(38(30-17-7-2-8-18-30)31-19-9-3-10-20-31)37(29-35)39(32-21-11-4-12-22-32,33-23-13-5-14-24-33)34-25-15-6-16-26-34/h2-29H,1H3. The Morgan fingerprint density at radius 2 is 0.825 bits per heavy atom. The van der Waals surface area contributed by atoms with Crippen molar-refractivity contribution < 1.29 is 4.74 Å². The molecule has 1 heteroatoms. The van der Waals surface area contributed by atoms with Crippen LogP contribution in [0.4, 0.5) is 0 Å². The third-order valence-corrected chi connectivity index (χ3v) is 7.65. The normalized spacial score (nSPS) is 11.3. The summed E-state index contributed by atoms with van der Waals surface area (Å²) in [5.74, 6) is 2.01. The second kappa shape index (κ2) is 11.5. The molecule has 0 aliphatic carbocycles. The van der Waals surface area contributed by atoms with Crippen LogP contribution in [0, 0.1) is 5.92 Å². The Bertz CT molecular complexity index is 1510. The van der Waals surface area contributed by atoms with Crippen molar-refractivity contribution in [3.05, 3.63) is 215 Å². The molecule has 6 aromatic carbocycles. The van der Waals surface area contributed by atoms with Crippen LogP contribution in [-0.2, 0) is 5.41 Å². The SMILES string of the molecule is COc1ccc([C](c2ccccc2)c2ccccc2)c(C(c2ccccc2)(c2ccccc2)c2ccccc2)c1. The van der Waals surface area contributed by atoms with E-state index in [2.05, 4.69) is 170 Å². The van der Waals surface area contributed by atoms with E-state index in [0.717, 1.165) is 16.9 Å². The number of hydrogen-bond donors (Lipinski definition) is 0. The van der Waals surface area contributed by atoms with Crippen LogP contribution in [0.1, 0.15) is 38.9 Å². The van der Waals surface area contributed by atoms with E-state index in [1.54, 1.807) is 7.11 Å². The lowest BCUT2D eigenvalue weighted by Gasteiger charge is -2.39. The van der Waals surface area contributed by atoms with Gasteiger partial charge in [0.25, 0.3) is 0 Å². The summed E-state index contributed by atoms with van der Waals surface area (Å²) in [4.78, 5) is 0. The van der Waals surface area contributed by atoms with Gasteiger partial charge >= 0.3 is 0 Å². The van der Waals surface area contributed by atoms with Crippen molar-refractivity contribution in [1.82, 2.24) is 0 Å². The largest absolute Gasteiger partial charge is 0.497 e. The molecule has 0 saturated carbocycles. The van der Waals surface area contributed by atoms with Crippen molar-refractivity contribution in [3.63, 3.8) is 0 Å². The van der Waals surface area contributed by atoms with Crippen LogP contribution >= 0.6 is 0 Å². The van der Waals surface area contributed by atoms with E-state index in [4.69, 9.17) is 4.74 Å². The van der Waals surface area contributed by atoms with E-state index >= 15 is 0 Å². The molecular weight excluding hydrogens is 484 g/mol. The Morgan fingerprint density at radius 3 is 1.20 bits per heavy atom. The lowest BCUT2D eigenvalue weighted by atomic mass is 9.62. The lowest BCUT2D eigenvalue weighted by Crippen LogP contribution is -2.33. The third-order valence-electron chi connectivity index (χ3n) is 7.65. The average molecular weight is 516 g/mol. The first kappa shape index (κ1) is 25.4. The van der Waals surface area contributed by atoms with Gasteiger partial charge in [-0.1, -0.05) is 158 Å². The van der Waals surface area contributed by atoms with Crippen LogP contribution in [0.3, 0.4) is 0 Å². The minimum atomic E-state index is -0.609. The summed E-state index contributed by atoms with van der Waals surface area (Å²) in [6.07, 6.45) is 0. The van der Waals surface area contributed by atoms with Crippen molar-refractivity contribution in [1.29, 1.82) is 0 Å². The van der Waals surface area contributed by atoms with Gasteiger partial charge in [0.15, 0.2) is 0 Å². The fraction of sp³-hybridized carbons (Fsp3) is 0.0513. The fourth-order valence-electron chi connectivity index (χ4n) is 5.90. The maximum atomic E-state index is 5.89. The molecule has 0 unspecified atom stereocenters. The van der Waals surface area contributed by atoms with E-state index in [9.17, 15) is 0 Å². The zero-order valence-electron chi connectivity index (χ0n) is 22.6. The molecular formula is C39H31O. The molecule has 1 radical (unpaired) electrons. The molecule has 6 rings (SSSR count). The van der Waals surface area contributed by atoms with Gasteiger partial charge in [0, 0.05) is 0 Å². The molecule has 0 aromatic heterocycles. The van der Waals surface area contributed by atoms with Gasteiger partial charge in [-0.25, -0.2) is 0 Å². The van der Waals surface area contributed by atoms with Crippen LogP contribution in [-0.4, -0.2) is 7.11 Å². The molecule has 0 amide bonds. The van der Waals surface area contributed by atoms with Gasteiger partial charge in [-0.2, -0.15) is 0 Å². The number of ether oxygens (including phenoxy) is 1. The molecule has 0 atom stereocenters. The summed E-state index contributed by atoms with van der Waals surface area (Å²) in [5.41, 5.74) is 7.65. The first-order valence-electron chi connectivity index (χ1n) is 13.7. The predicted octanol–water partition coefficient (Wildman–Crippen LogP) is 9.10. The Kier molecular flexibility index (Phi) is 7.28. The van der Waals surface area contributed by atoms with Gasteiger partial charge in [0.05, 0.1) is 18.4 Å². The first-order valence-corrected chi connectivity index (χ1v) is 13.7. The highest BCUT2D eigenvalue weighted by atomic mass is 16.5. The molecule has 0 N–H and O–H groups in total.